The molecule has 0 fully saturated rings. The number of anilines is 2. The minimum absolute atomic E-state index is 0.0290. The normalized spacial score (nSPS) is 10.4. The van der Waals surface area contributed by atoms with Gasteiger partial charge in [0.25, 0.3) is 0 Å². The molecule has 0 aliphatic rings. The van der Waals surface area contributed by atoms with Crippen LogP contribution in [0.4, 0.5) is 11.4 Å². The van der Waals surface area contributed by atoms with Crippen LogP contribution in [0.2, 0.25) is 0 Å². The number of para-hydroxylation sites is 1. The number of amides is 1. The first-order chi connectivity index (χ1) is 8.95. The highest BCUT2D eigenvalue weighted by atomic mass is 16.5. The number of nitrogens with zero attached hydrogens (tertiary/aromatic N) is 1. The summed E-state index contributed by atoms with van der Waals surface area (Å²) in [6, 6.07) is 5.70. The van der Waals surface area contributed by atoms with Crippen LogP contribution in [0.1, 0.15) is 20.8 Å². The van der Waals surface area contributed by atoms with E-state index in [1.807, 2.05) is 50.9 Å². The van der Waals surface area contributed by atoms with Gasteiger partial charge in [-0.25, -0.2) is 0 Å². The van der Waals surface area contributed by atoms with Crippen molar-refractivity contribution < 1.29 is 9.53 Å². The lowest BCUT2D eigenvalue weighted by Gasteiger charge is -2.22. The van der Waals surface area contributed by atoms with Gasteiger partial charge in [-0.1, -0.05) is 6.07 Å². The first-order valence-electron chi connectivity index (χ1n) is 6.47. The Labute approximate surface area is 114 Å². The zero-order valence-corrected chi connectivity index (χ0v) is 12.1. The number of rotatable bonds is 6. The van der Waals surface area contributed by atoms with Crippen molar-refractivity contribution >= 4 is 17.3 Å². The second-order valence-electron chi connectivity index (χ2n) is 4.70. The minimum Gasteiger partial charge on any atom is -0.492 e. The number of carbonyl (C=O) groups excluding carboxylic acids is 1. The fraction of sp³-hybridized carbons (Fsp3) is 0.500. The van der Waals surface area contributed by atoms with E-state index in [-0.39, 0.29) is 18.5 Å². The molecule has 0 bridgehead atoms. The number of benzene rings is 1. The third-order valence-corrected chi connectivity index (χ3v) is 2.58. The summed E-state index contributed by atoms with van der Waals surface area (Å²) in [5.74, 6) is 0.620. The van der Waals surface area contributed by atoms with E-state index >= 15 is 0 Å². The lowest BCUT2D eigenvalue weighted by atomic mass is 10.2. The van der Waals surface area contributed by atoms with Gasteiger partial charge in [0.15, 0.2) is 0 Å². The smallest absolute Gasteiger partial charge is 0.239 e. The molecule has 106 valence electrons. The predicted molar refractivity (Wildman–Crippen MR) is 78.6 cm³/mol. The maximum absolute atomic E-state index is 11.7. The Kier molecular flexibility index (Phi) is 5.48. The molecule has 19 heavy (non-hydrogen) atoms. The Morgan fingerprint density at radius 3 is 2.74 bits per heavy atom. The monoisotopic (exact) mass is 265 g/mol. The summed E-state index contributed by atoms with van der Waals surface area (Å²) in [7, 11) is 1.83. The Morgan fingerprint density at radius 1 is 1.47 bits per heavy atom. The molecule has 5 heteroatoms. The first kappa shape index (κ1) is 15.1. The first-order valence-corrected chi connectivity index (χ1v) is 6.47. The maximum Gasteiger partial charge on any atom is 0.239 e. The van der Waals surface area contributed by atoms with Crippen molar-refractivity contribution in [1.82, 2.24) is 5.32 Å². The van der Waals surface area contributed by atoms with Crippen molar-refractivity contribution in [3.05, 3.63) is 18.2 Å². The summed E-state index contributed by atoms with van der Waals surface area (Å²) in [4.78, 5) is 13.5. The van der Waals surface area contributed by atoms with Crippen molar-refractivity contribution in [2.75, 3.05) is 30.8 Å². The van der Waals surface area contributed by atoms with E-state index in [4.69, 9.17) is 10.5 Å². The van der Waals surface area contributed by atoms with Gasteiger partial charge in [-0.2, -0.15) is 0 Å². The molecule has 0 unspecified atom stereocenters. The van der Waals surface area contributed by atoms with E-state index in [1.165, 1.54) is 0 Å². The Hall–Kier alpha value is -1.91. The molecule has 1 rings (SSSR count). The molecule has 0 atom stereocenters. The Bertz CT molecular complexity index is 433. The number of likely N-dealkylation sites (N-methyl/N-ethyl adjacent to an activating group) is 1. The van der Waals surface area contributed by atoms with E-state index in [2.05, 4.69) is 5.32 Å². The number of nitrogens with one attached hydrogen (secondary N) is 1. The van der Waals surface area contributed by atoms with Crippen molar-refractivity contribution in [2.45, 2.75) is 26.8 Å². The molecular formula is C14H23N3O2. The van der Waals surface area contributed by atoms with Crippen LogP contribution >= 0.6 is 0 Å². The van der Waals surface area contributed by atoms with Crippen LogP contribution in [0.3, 0.4) is 0 Å². The van der Waals surface area contributed by atoms with Gasteiger partial charge in [-0.05, 0) is 32.9 Å². The van der Waals surface area contributed by atoms with E-state index in [0.29, 0.717) is 18.0 Å². The van der Waals surface area contributed by atoms with Crippen molar-refractivity contribution in [2.24, 2.45) is 0 Å². The Morgan fingerprint density at radius 2 is 2.16 bits per heavy atom. The molecule has 1 aromatic carbocycles. The zero-order chi connectivity index (χ0) is 14.4. The van der Waals surface area contributed by atoms with Gasteiger partial charge in [0.1, 0.15) is 5.75 Å². The predicted octanol–water partition coefficient (Wildman–Crippen LogP) is 1.63. The van der Waals surface area contributed by atoms with Gasteiger partial charge >= 0.3 is 0 Å². The number of hydrogen-bond donors (Lipinski definition) is 2. The average molecular weight is 265 g/mol. The van der Waals surface area contributed by atoms with E-state index in [9.17, 15) is 4.79 Å². The summed E-state index contributed by atoms with van der Waals surface area (Å²) >= 11 is 0. The standard InChI is InChI=1S/C14H23N3O2/c1-5-19-12-8-6-7-11(14(12)15)17(4)9-13(18)16-10(2)3/h6-8,10H,5,9,15H2,1-4H3,(H,16,18). The van der Waals surface area contributed by atoms with Gasteiger partial charge in [-0.15, -0.1) is 0 Å². The molecule has 5 nitrogen and oxygen atoms in total. The number of ether oxygens (including phenoxy) is 1. The van der Waals surface area contributed by atoms with Gasteiger partial charge in [0.2, 0.25) is 5.91 Å². The fourth-order valence-electron chi connectivity index (χ4n) is 1.81. The molecule has 0 spiro atoms. The highest BCUT2D eigenvalue weighted by Crippen LogP contribution is 2.31. The summed E-state index contributed by atoms with van der Waals surface area (Å²) in [5.41, 5.74) is 7.40. The molecule has 0 aliphatic heterocycles. The largest absolute Gasteiger partial charge is 0.492 e. The number of hydrogen-bond acceptors (Lipinski definition) is 4. The molecule has 0 heterocycles. The molecule has 0 aliphatic carbocycles. The highest BCUT2D eigenvalue weighted by Gasteiger charge is 2.13. The van der Waals surface area contributed by atoms with Crippen LogP contribution < -0.4 is 20.7 Å². The summed E-state index contributed by atoms with van der Waals surface area (Å²) in [6.45, 7) is 6.60. The molecular weight excluding hydrogens is 242 g/mol. The van der Waals surface area contributed by atoms with Gasteiger partial charge in [0, 0.05) is 13.1 Å². The maximum atomic E-state index is 11.7. The van der Waals surface area contributed by atoms with Crippen LogP contribution in [0.15, 0.2) is 18.2 Å². The summed E-state index contributed by atoms with van der Waals surface area (Å²) < 4.78 is 5.44. The molecule has 0 aromatic heterocycles. The third kappa shape index (κ3) is 4.35. The molecule has 1 aromatic rings. The van der Waals surface area contributed by atoms with Crippen molar-refractivity contribution in [3.63, 3.8) is 0 Å². The molecule has 0 saturated carbocycles. The quantitative estimate of drug-likeness (QED) is 0.767. The molecule has 1 amide bonds. The van der Waals surface area contributed by atoms with E-state index < -0.39 is 0 Å². The second-order valence-corrected chi connectivity index (χ2v) is 4.70. The lowest BCUT2D eigenvalue weighted by molar-refractivity contribution is -0.120. The van der Waals surface area contributed by atoms with Crippen molar-refractivity contribution in [3.8, 4) is 5.75 Å². The Balaban J connectivity index is 2.79. The van der Waals surface area contributed by atoms with Crippen LogP contribution in [0, 0.1) is 0 Å². The second kappa shape index (κ2) is 6.87. The van der Waals surface area contributed by atoms with Crippen LogP contribution in [-0.4, -0.2) is 32.1 Å². The van der Waals surface area contributed by atoms with Gasteiger partial charge < -0.3 is 20.7 Å². The van der Waals surface area contributed by atoms with Crippen LogP contribution in [-0.2, 0) is 4.79 Å². The average Bonchev–Trinajstić information content (AvgIpc) is 2.30. The van der Waals surface area contributed by atoms with E-state index in [0.717, 1.165) is 5.69 Å². The van der Waals surface area contributed by atoms with Crippen LogP contribution in [0.5, 0.6) is 5.75 Å². The fourth-order valence-corrected chi connectivity index (χ4v) is 1.81. The highest BCUT2D eigenvalue weighted by molar-refractivity contribution is 5.84. The van der Waals surface area contributed by atoms with Gasteiger partial charge in [0.05, 0.1) is 24.5 Å². The summed E-state index contributed by atoms with van der Waals surface area (Å²) in [6.07, 6.45) is 0. The zero-order valence-electron chi connectivity index (χ0n) is 12.1. The minimum atomic E-state index is -0.0290. The molecule has 0 radical (unpaired) electrons. The molecule has 3 N–H and O–H groups in total. The number of nitrogen functional groups attached to an aromatic ring is 1. The molecule has 0 saturated heterocycles. The topological polar surface area (TPSA) is 67.6 Å². The summed E-state index contributed by atoms with van der Waals surface area (Å²) in [5, 5.41) is 2.85. The number of carbonyl (C=O) groups is 1. The van der Waals surface area contributed by atoms with E-state index in [1.54, 1.807) is 0 Å². The van der Waals surface area contributed by atoms with Gasteiger partial charge in [-0.3, -0.25) is 4.79 Å². The SMILES string of the molecule is CCOc1cccc(N(C)CC(=O)NC(C)C)c1N. The third-order valence-electron chi connectivity index (χ3n) is 2.58. The van der Waals surface area contributed by atoms with Crippen molar-refractivity contribution in [1.29, 1.82) is 0 Å². The number of nitrogens with two attached hydrogens (primary N) is 1. The lowest BCUT2D eigenvalue weighted by Crippen LogP contribution is -2.38. The van der Waals surface area contributed by atoms with Crippen LogP contribution in [0.25, 0.3) is 0 Å².